The minimum atomic E-state index is -4.99. The molecule has 6 nitrogen and oxygen atoms in total. The summed E-state index contributed by atoms with van der Waals surface area (Å²) in [5, 5.41) is 0. The largest absolute Gasteiger partial charge is 0.573 e. The first-order valence-electron chi connectivity index (χ1n) is 11.4. The number of alkyl halides is 3. The molecule has 1 fully saturated rings. The molecular weight excluding hydrogens is 468 g/mol. The Bertz CT molecular complexity index is 974. The number of amides is 1. The van der Waals surface area contributed by atoms with Crippen molar-refractivity contribution in [2.75, 3.05) is 20.1 Å². The Morgan fingerprint density at radius 3 is 2.37 bits per heavy atom. The number of hydrogen-bond donors (Lipinski definition) is 0. The molecule has 2 aromatic rings. The number of rotatable bonds is 8. The topological polar surface area (TPSA) is 51.2 Å². The van der Waals surface area contributed by atoms with E-state index < -0.39 is 24.0 Å². The van der Waals surface area contributed by atoms with Crippen molar-refractivity contribution in [3.63, 3.8) is 0 Å². The molecule has 0 atom stereocenters. The van der Waals surface area contributed by atoms with Crippen LogP contribution in [0.2, 0.25) is 0 Å². The summed E-state index contributed by atoms with van der Waals surface area (Å²) < 4.78 is 67.5. The van der Waals surface area contributed by atoms with Gasteiger partial charge in [0.2, 0.25) is 0 Å². The number of hydrogen-bond acceptors (Lipinski definition) is 5. The van der Waals surface area contributed by atoms with E-state index in [2.05, 4.69) is 9.64 Å². The van der Waals surface area contributed by atoms with Crippen LogP contribution in [0.4, 0.5) is 22.4 Å². The molecule has 1 amide bonds. The van der Waals surface area contributed by atoms with Crippen LogP contribution < -0.4 is 9.47 Å². The SMILES string of the molecule is CC(C)Oc1ccc(COC(=O)N(Cc2ccc(F)cc2OC(F)(F)F)C2CCN(C)CC2)cc1. The molecule has 0 radical (unpaired) electrons. The molecule has 0 spiro atoms. The molecule has 0 aromatic heterocycles. The van der Waals surface area contributed by atoms with E-state index in [0.29, 0.717) is 24.7 Å². The lowest BCUT2D eigenvalue weighted by Crippen LogP contribution is -2.46. The minimum absolute atomic E-state index is 0.0146. The maximum atomic E-state index is 13.7. The highest BCUT2D eigenvalue weighted by Crippen LogP contribution is 2.30. The first-order chi connectivity index (χ1) is 16.5. The van der Waals surface area contributed by atoms with E-state index in [1.807, 2.05) is 20.9 Å². The molecule has 192 valence electrons. The maximum absolute atomic E-state index is 13.7. The summed E-state index contributed by atoms with van der Waals surface area (Å²) in [4.78, 5) is 16.6. The molecule has 1 aliphatic heterocycles. The summed E-state index contributed by atoms with van der Waals surface area (Å²) in [5.41, 5.74) is 0.774. The van der Waals surface area contributed by atoms with Gasteiger partial charge in [0.15, 0.2) is 0 Å². The van der Waals surface area contributed by atoms with Gasteiger partial charge in [0.25, 0.3) is 0 Å². The van der Waals surface area contributed by atoms with Crippen LogP contribution >= 0.6 is 0 Å². The van der Waals surface area contributed by atoms with Crippen LogP contribution in [-0.4, -0.2) is 54.5 Å². The average molecular weight is 499 g/mol. The number of likely N-dealkylation sites (tertiary alicyclic amines) is 1. The van der Waals surface area contributed by atoms with Gasteiger partial charge in [-0.2, -0.15) is 0 Å². The molecule has 0 unspecified atom stereocenters. The molecule has 2 aromatic carbocycles. The van der Waals surface area contributed by atoms with Gasteiger partial charge in [0.1, 0.15) is 23.9 Å². The third kappa shape index (κ3) is 8.31. The second-order valence-electron chi connectivity index (χ2n) is 8.83. The fourth-order valence-corrected chi connectivity index (χ4v) is 3.88. The second kappa shape index (κ2) is 11.6. The van der Waals surface area contributed by atoms with Crippen molar-refractivity contribution >= 4 is 6.09 Å². The Kier molecular flexibility index (Phi) is 8.82. The second-order valence-corrected chi connectivity index (χ2v) is 8.83. The predicted octanol–water partition coefficient (Wildman–Crippen LogP) is 5.74. The fraction of sp³-hybridized carbons (Fsp3) is 0.480. The summed E-state index contributed by atoms with van der Waals surface area (Å²) in [6.07, 6.45) is -4.37. The Morgan fingerprint density at radius 1 is 1.11 bits per heavy atom. The number of halogens is 4. The maximum Gasteiger partial charge on any atom is 0.573 e. The molecule has 1 heterocycles. The summed E-state index contributed by atoms with van der Waals surface area (Å²) >= 11 is 0. The number of piperidine rings is 1. The number of benzene rings is 2. The molecule has 1 saturated heterocycles. The first kappa shape index (κ1) is 26.6. The monoisotopic (exact) mass is 498 g/mol. The van der Waals surface area contributed by atoms with Gasteiger partial charge in [0, 0.05) is 17.7 Å². The minimum Gasteiger partial charge on any atom is -0.491 e. The van der Waals surface area contributed by atoms with E-state index in [1.54, 1.807) is 24.3 Å². The van der Waals surface area contributed by atoms with Gasteiger partial charge < -0.3 is 24.0 Å². The van der Waals surface area contributed by atoms with Gasteiger partial charge in [-0.05, 0) is 70.6 Å². The van der Waals surface area contributed by atoms with E-state index in [-0.39, 0.29) is 30.9 Å². The molecule has 3 rings (SSSR count). The van der Waals surface area contributed by atoms with E-state index >= 15 is 0 Å². The average Bonchev–Trinajstić information content (AvgIpc) is 2.77. The molecule has 0 N–H and O–H groups in total. The van der Waals surface area contributed by atoms with Crippen molar-refractivity contribution in [3.05, 3.63) is 59.4 Å². The molecule has 35 heavy (non-hydrogen) atoms. The highest BCUT2D eigenvalue weighted by molar-refractivity contribution is 5.68. The van der Waals surface area contributed by atoms with Crippen molar-refractivity contribution in [1.82, 2.24) is 9.80 Å². The van der Waals surface area contributed by atoms with E-state index in [0.717, 1.165) is 24.7 Å². The molecule has 10 heteroatoms. The van der Waals surface area contributed by atoms with E-state index in [1.165, 1.54) is 11.0 Å². The molecule has 0 bridgehead atoms. The molecular formula is C25H30F4N2O4. The third-order valence-corrected chi connectivity index (χ3v) is 5.62. The first-order valence-corrected chi connectivity index (χ1v) is 11.4. The lowest BCUT2D eigenvalue weighted by Gasteiger charge is -2.37. The summed E-state index contributed by atoms with van der Waals surface area (Å²) in [6.45, 7) is 5.06. The number of carbonyl (C=O) groups is 1. The fourth-order valence-electron chi connectivity index (χ4n) is 3.88. The highest BCUT2D eigenvalue weighted by atomic mass is 19.4. The lowest BCUT2D eigenvalue weighted by molar-refractivity contribution is -0.275. The van der Waals surface area contributed by atoms with Crippen molar-refractivity contribution in [2.24, 2.45) is 0 Å². The Morgan fingerprint density at radius 2 is 1.77 bits per heavy atom. The van der Waals surface area contributed by atoms with Crippen LogP contribution in [0, 0.1) is 5.82 Å². The van der Waals surface area contributed by atoms with Gasteiger partial charge in [-0.15, -0.1) is 13.2 Å². The van der Waals surface area contributed by atoms with Crippen LogP contribution in [0.5, 0.6) is 11.5 Å². The van der Waals surface area contributed by atoms with Gasteiger partial charge in [-0.3, -0.25) is 0 Å². The molecule has 0 saturated carbocycles. The quantitative estimate of drug-likeness (QED) is 0.434. The lowest BCUT2D eigenvalue weighted by atomic mass is 10.0. The van der Waals surface area contributed by atoms with Crippen molar-refractivity contribution in [3.8, 4) is 11.5 Å². The van der Waals surface area contributed by atoms with Crippen molar-refractivity contribution < 1.29 is 36.6 Å². The summed E-state index contributed by atoms with van der Waals surface area (Å²) in [6, 6.07) is 9.76. The standard InChI is InChI=1S/C25H30F4N2O4/c1-17(2)34-22-8-4-18(5-9-22)16-33-24(32)31(21-10-12-30(3)13-11-21)15-19-6-7-20(26)14-23(19)35-25(27,28)29/h4-9,14,17,21H,10-13,15-16H2,1-3H3. The summed E-state index contributed by atoms with van der Waals surface area (Å²) in [7, 11) is 1.96. The van der Waals surface area contributed by atoms with Gasteiger partial charge in [0.05, 0.1) is 12.6 Å². The summed E-state index contributed by atoms with van der Waals surface area (Å²) in [5.74, 6) is -0.855. The Hall–Kier alpha value is -3.01. The zero-order valence-electron chi connectivity index (χ0n) is 20.0. The smallest absolute Gasteiger partial charge is 0.491 e. The Balaban J connectivity index is 1.76. The van der Waals surface area contributed by atoms with Gasteiger partial charge in [-0.25, -0.2) is 9.18 Å². The Labute approximate surface area is 202 Å². The van der Waals surface area contributed by atoms with Crippen LogP contribution in [0.25, 0.3) is 0 Å². The number of carbonyl (C=O) groups excluding carboxylic acids is 1. The van der Waals surface area contributed by atoms with Gasteiger partial charge >= 0.3 is 12.5 Å². The van der Waals surface area contributed by atoms with E-state index in [4.69, 9.17) is 9.47 Å². The number of nitrogens with zero attached hydrogens (tertiary/aromatic N) is 2. The molecule has 1 aliphatic rings. The third-order valence-electron chi connectivity index (χ3n) is 5.62. The van der Waals surface area contributed by atoms with Crippen LogP contribution in [0.1, 0.15) is 37.8 Å². The zero-order valence-corrected chi connectivity index (χ0v) is 20.0. The number of ether oxygens (including phenoxy) is 3. The van der Waals surface area contributed by atoms with Crippen LogP contribution in [0.15, 0.2) is 42.5 Å². The van der Waals surface area contributed by atoms with E-state index in [9.17, 15) is 22.4 Å². The predicted molar refractivity (Wildman–Crippen MR) is 122 cm³/mol. The van der Waals surface area contributed by atoms with Crippen LogP contribution in [-0.2, 0) is 17.9 Å². The normalized spacial score (nSPS) is 15.2. The van der Waals surface area contributed by atoms with Crippen molar-refractivity contribution in [2.45, 2.75) is 58.3 Å². The highest BCUT2D eigenvalue weighted by Gasteiger charge is 2.34. The van der Waals surface area contributed by atoms with Gasteiger partial charge in [-0.1, -0.05) is 18.2 Å². The molecule has 0 aliphatic carbocycles. The zero-order chi connectivity index (χ0) is 25.6. The van der Waals surface area contributed by atoms with Crippen molar-refractivity contribution in [1.29, 1.82) is 0 Å². The van der Waals surface area contributed by atoms with Crippen LogP contribution in [0.3, 0.4) is 0 Å².